The Hall–Kier alpha value is -3.14. The van der Waals surface area contributed by atoms with Gasteiger partial charge >= 0.3 is 18.1 Å². The average Bonchev–Trinajstić information content (AvgIpc) is 3.25. The standard InChI is InChI=1S/C22H21ClF3N3O4/c1-4-33-21(31)18-15(10-29-9-8-27-11-29)28-12(2)16(20(30)32-3)17(18)13-6-5-7-14(19(13)23)22(24,25)26/h5-9,11,16-17H,4,10H2,1-3H3. The summed E-state index contributed by atoms with van der Waals surface area (Å²) in [7, 11) is 1.15. The van der Waals surface area contributed by atoms with Crippen LogP contribution < -0.4 is 0 Å². The van der Waals surface area contributed by atoms with E-state index >= 15 is 0 Å². The van der Waals surface area contributed by atoms with Gasteiger partial charge in [0.25, 0.3) is 0 Å². The van der Waals surface area contributed by atoms with Gasteiger partial charge in [0, 0.05) is 24.0 Å². The van der Waals surface area contributed by atoms with Gasteiger partial charge in [0.15, 0.2) is 0 Å². The summed E-state index contributed by atoms with van der Waals surface area (Å²) in [5.41, 5.74) is -0.703. The number of benzene rings is 1. The van der Waals surface area contributed by atoms with Crippen LogP contribution in [-0.2, 0) is 31.8 Å². The molecule has 0 bridgehead atoms. The number of alkyl halides is 3. The van der Waals surface area contributed by atoms with Crippen LogP contribution >= 0.6 is 11.6 Å². The molecule has 1 aliphatic rings. The predicted octanol–water partition coefficient (Wildman–Crippen LogP) is 4.42. The molecule has 0 aliphatic carbocycles. The first-order valence-electron chi connectivity index (χ1n) is 9.94. The van der Waals surface area contributed by atoms with E-state index in [0.29, 0.717) is 0 Å². The van der Waals surface area contributed by atoms with Crippen LogP contribution in [0.3, 0.4) is 0 Å². The number of carbonyl (C=O) groups is 2. The summed E-state index contributed by atoms with van der Waals surface area (Å²) in [6.45, 7) is 3.23. The molecular weight excluding hydrogens is 463 g/mol. The third kappa shape index (κ3) is 4.95. The Kier molecular flexibility index (Phi) is 7.26. The minimum atomic E-state index is -4.74. The number of rotatable bonds is 6. The number of aliphatic imine (C=N–C) groups is 1. The summed E-state index contributed by atoms with van der Waals surface area (Å²) in [6, 6.07) is 3.37. The van der Waals surface area contributed by atoms with E-state index in [9.17, 15) is 22.8 Å². The highest BCUT2D eigenvalue weighted by molar-refractivity contribution is 6.32. The molecular formula is C22H21ClF3N3O4. The van der Waals surface area contributed by atoms with Crippen LogP contribution in [0.5, 0.6) is 0 Å². The van der Waals surface area contributed by atoms with Crippen molar-refractivity contribution in [3.63, 3.8) is 0 Å². The van der Waals surface area contributed by atoms with Gasteiger partial charge in [-0.25, -0.2) is 9.78 Å². The fraction of sp³-hybridized carbons (Fsp3) is 0.364. The molecule has 0 radical (unpaired) electrons. The molecule has 3 rings (SSSR count). The fourth-order valence-electron chi connectivity index (χ4n) is 3.83. The highest BCUT2D eigenvalue weighted by Crippen LogP contribution is 2.46. The molecule has 0 saturated carbocycles. The lowest BCUT2D eigenvalue weighted by molar-refractivity contribution is -0.144. The molecule has 0 fully saturated rings. The van der Waals surface area contributed by atoms with E-state index in [0.717, 1.165) is 13.2 Å². The van der Waals surface area contributed by atoms with Gasteiger partial charge in [-0.3, -0.25) is 9.79 Å². The van der Waals surface area contributed by atoms with Crippen molar-refractivity contribution in [2.24, 2.45) is 10.9 Å². The summed E-state index contributed by atoms with van der Waals surface area (Å²) >= 11 is 6.22. The number of methoxy groups -OCH3 is 1. The van der Waals surface area contributed by atoms with Crippen LogP contribution in [0.15, 0.2) is 53.2 Å². The molecule has 1 aromatic heterocycles. The Labute approximate surface area is 192 Å². The average molecular weight is 484 g/mol. The van der Waals surface area contributed by atoms with Crippen molar-refractivity contribution in [1.29, 1.82) is 0 Å². The van der Waals surface area contributed by atoms with Crippen molar-refractivity contribution in [2.75, 3.05) is 13.7 Å². The van der Waals surface area contributed by atoms with Crippen LogP contribution in [-0.4, -0.2) is 40.9 Å². The third-order valence-corrected chi connectivity index (χ3v) is 5.65. The van der Waals surface area contributed by atoms with E-state index in [2.05, 4.69) is 9.98 Å². The van der Waals surface area contributed by atoms with Gasteiger partial charge in [-0.2, -0.15) is 13.2 Å². The first-order chi connectivity index (χ1) is 15.6. The van der Waals surface area contributed by atoms with Crippen molar-refractivity contribution < 1.29 is 32.2 Å². The number of nitrogens with zero attached hydrogens (tertiary/aromatic N) is 3. The Morgan fingerprint density at radius 1 is 1.27 bits per heavy atom. The maximum Gasteiger partial charge on any atom is 0.417 e. The second-order valence-corrected chi connectivity index (χ2v) is 7.63. The lowest BCUT2D eigenvalue weighted by atomic mass is 9.75. The Bertz CT molecular complexity index is 1110. The smallest absolute Gasteiger partial charge is 0.417 e. The quantitative estimate of drug-likeness (QED) is 0.568. The molecule has 176 valence electrons. The minimum Gasteiger partial charge on any atom is -0.468 e. The summed E-state index contributed by atoms with van der Waals surface area (Å²) in [6.07, 6.45) is -0.0694. The molecule has 2 unspecified atom stereocenters. The second-order valence-electron chi connectivity index (χ2n) is 7.25. The first kappa shape index (κ1) is 24.5. The number of imidazole rings is 1. The highest BCUT2D eigenvalue weighted by Gasteiger charge is 2.45. The van der Waals surface area contributed by atoms with Gasteiger partial charge in [0.1, 0.15) is 5.92 Å². The van der Waals surface area contributed by atoms with Crippen molar-refractivity contribution in [3.8, 4) is 0 Å². The normalized spacial score (nSPS) is 18.7. The van der Waals surface area contributed by atoms with Crippen LogP contribution in [0.2, 0.25) is 5.02 Å². The molecule has 1 aliphatic heterocycles. The van der Waals surface area contributed by atoms with Gasteiger partial charge in [0.2, 0.25) is 0 Å². The van der Waals surface area contributed by atoms with Gasteiger partial charge in [0.05, 0.1) is 48.4 Å². The summed E-state index contributed by atoms with van der Waals surface area (Å²) in [4.78, 5) is 34.2. The van der Waals surface area contributed by atoms with E-state index < -0.39 is 40.5 Å². The zero-order valence-electron chi connectivity index (χ0n) is 18.0. The second kappa shape index (κ2) is 9.78. The fourth-order valence-corrected chi connectivity index (χ4v) is 4.19. The number of allylic oxidation sites excluding steroid dienone is 1. The molecule has 7 nitrogen and oxygen atoms in total. The summed E-state index contributed by atoms with van der Waals surface area (Å²) in [5.74, 6) is -3.96. The molecule has 2 atom stereocenters. The van der Waals surface area contributed by atoms with E-state index in [4.69, 9.17) is 21.1 Å². The summed E-state index contributed by atoms with van der Waals surface area (Å²) < 4.78 is 52.5. The molecule has 1 aromatic carbocycles. The zero-order valence-corrected chi connectivity index (χ0v) is 18.8. The monoisotopic (exact) mass is 483 g/mol. The summed E-state index contributed by atoms with van der Waals surface area (Å²) in [5, 5.41) is -0.609. The van der Waals surface area contributed by atoms with Gasteiger partial charge in [-0.05, 0) is 25.5 Å². The molecule has 11 heteroatoms. The maximum absolute atomic E-state index is 13.6. The van der Waals surface area contributed by atoms with E-state index in [1.54, 1.807) is 24.6 Å². The van der Waals surface area contributed by atoms with Crippen LogP contribution in [0.1, 0.15) is 30.9 Å². The van der Waals surface area contributed by atoms with Gasteiger partial charge < -0.3 is 14.0 Å². The number of hydrogen-bond acceptors (Lipinski definition) is 6. The van der Waals surface area contributed by atoms with Crippen LogP contribution in [0.4, 0.5) is 13.2 Å². The predicted molar refractivity (Wildman–Crippen MR) is 114 cm³/mol. The number of hydrogen-bond donors (Lipinski definition) is 0. The van der Waals surface area contributed by atoms with Crippen LogP contribution in [0, 0.1) is 5.92 Å². The molecule has 0 saturated heterocycles. The number of esters is 2. The largest absolute Gasteiger partial charge is 0.468 e. The molecule has 0 spiro atoms. The molecule has 33 heavy (non-hydrogen) atoms. The molecule has 0 amide bonds. The first-order valence-corrected chi connectivity index (χ1v) is 10.3. The van der Waals surface area contributed by atoms with E-state index in [1.807, 2.05) is 0 Å². The Balaban J connectivity index is 2.31. The van der Waals surface area contributed by atoms with Gasteiger partial charge in [-0.15, -0.1) is 0 Å². The van der Waals surface area contributed by atoms with Crippen molar-refractivity contribution >= 4 is 29.3 Å². The minimum absolute atomic E-state index is 0.00925. The topological polar surface area (TPSA) is 82.8 Å². The molecule has 2 aromatic rings. The number of aromatic nitrogens is 2. The number of ether oxygens (including phenoxy) is 2. The van der Waals surface area contributed by atoms with Crippen LogP contribution in [0.25, 0.3) is 0 Å². The lowest BCUT2D eigenvalue weighted by Crippen LogP contribution is -2.37. The Morgan fingerprint density at radius 2 is 2.00 bits per heavy atom. The molecule has 2 heterocycles. The highest BCUT2D eigenvalue weighted by atomic mass is 35.5. The number of carbonyl (C=O) groups excluding carboxylic acids is 2. The maximum atomic E-state index is 13.6. The van der Waals surface area contributed by atoms with Crippen molar-refractivity contribution in [1.82, 2.24) is 9.55 Å². The SMILES string of the molecule is CCOC(=O)C1=C(Cn2ccnc2)N=C(C)C(C(=O)OC)C1c1cccc(C(F)(F)F)c1Cl. The van der Waals surface area contributed by atoms with Gasteiger partial charge in [-0.1, -0.05) is 23.7 Å². The van der Waals surface area contributed by atoms with Crippen molar-refractivity contribution in [2.45, 2.75) is 32.5 Å². The van der Waals surface area contributed by atoms with Crippen molar-refractivity contribution in [3.05, 3.63) is 64.3 Å². The van der Waals surface area contributed by atoms with E-state index in [1.165, 1.54) is 24.7 Å². The van der Waals surface area contributed by atoms with E-state index in [-0.39, 0.29) is 35.7 Å². The Morgan fingerprint density at radius 3 is 2.58 bits per heavy atom. The number of halogens is 4. The molecule has 0 N–H and O–H groups in total. The lowest BCUT2D eigenvalue weighted by Gasteiger charge is -2.33. The zero-order chi connectivity index (χ0) is 24.3. The third-order valence-electron chi connectivity index (χ3n) is 5.23.